The zero-order chi connectivity index (χ0) is 9.97. The monoisotopic (exact) mass is 192 g/mol. The molecule has 0 saturated carbocycles. The number of rotatable bonds is 3. The van der Waals surface area contributed by atoms with Crippen molar-refractivity contribution in [1.29, 1.82) is 0 Å². The van der Waals surface area contributed by atoms with Crippen molar-refractivity contribution in [1.82, 2.24) is 24.5 Å². The number of hydrogen-bond donors (Lipinski definition) is 1. The van der Waals surface area contributed by atoms with Gasteiger partial charge in [-0.15, -0.1) is 0 Å². The lowest BCUT2D eigenvalue weighted by atomic mass is 10.4. The molecule has 0 radical (unpaired) electrons. The van der Waals surface area contributed by atoms with Crippen LogP contribution in [-0.4, -0.2) is 24.5 Å². The Labute approximate surface area is 81.6 Å². The molecule has 0 amide bonds. The summed E-state index contributed by atoms with van der Waals surface area (Å²) in [5, 5.41) is 11.3. The van der Waals surface area contributed by atoms with Gasteiger partial charge < -0.3 is 5.32 Å². The zero-order valence-electron chi connectivity index (χ0n) is 8.18. The number of aryl methyl sites for hydroxylation is 2. The summed E-state index contributed by atoms with van der Waals surface area (Å²) in [6, 6.07) is 1.96. The van der Waals surface area contributed by atoms with E-state index in [-0.39, 0.29) is 0 Å². The molecule has 0 aliphatic rings. The minimum Gasteiger partial charge on any atom is -0.349 e. The van der Waals surface area contributed by atoms with Crippen LogP contribution in [0.2, 0.25) is 0 Å². The van der Waals surface area contributed by atoms with Crippen LogP contribution < -0.4 is 5.32 Å². The van der Waals surface area contributed by atoms with E-state index in [1.54, 1.807) is 9.36 Å². The first-order chi connectivity index (χ1) is 6.75. The van der Waals surface area contributed by atoms with Gasteiger partial charge in [0, 0.05) is 20.3 Å². The van der Waals surface area contributed by atoms with E-state index < -0.39 is 0 Å². The van der Waals surface area contributed by atoms with E-state index in [0.29, 0.717) is 6.54 Å². The van der Waals surface area contributed by atoms with Gasteiger partial charge in [0.2, 0.25) is 5.95 Å². The van der Waals surface area contributed by atoms with Crippen molar-refractivity contribution in [2.75, 3.05) is 5.32 Å². The second-order valence-corrected chi connectivity index (χ2v) is 3.04. The summed E-state index contributed by atoms with van der Waals surface area (Å²) in [7, 11) is 3.74. The summed E-state index contributed by atoms with van der Waals surface area (Å²) in [4.78, 5) is 4.04. The van der Waals surface area contributed by atoms with Gasteiger partial charge in [0.25, 0.3) is 0 Å². The van der Waals surface area contributed by atoms with E-state index in [0.717, 1.165) is 11.6 Å². The summed E-state index contributed by atoms with van der Waals surface area (Å²) in [5.41, 5.74) is 0.982. The summed E-state index contributed by atoms with van der Waals surface area (Å²) in [6.07, 6.45) is 3.43. The molecule has 0 bridgehead atoms. The van der Waals surface area contributed by atoms with Gasteiger partial charge in [0.15, 0.2) is 0 Å². The predicted octanol–water partition coefficient (Wildman–Crippen LogP) is 0.161. The Morgan fingerprint density at radius 3 is 2.86 bits per heavy atom. The largest absolute Gasteiger partial charge is 0.349 e. The van der Waals surface area contributed by atoms with Crippen molar-refractivity contribution in [3.05, 3.63) is 24.3 Å². The van der Waals surface area contributed by atoms with Gasteiger partial charge in [-0.1, -0.05) is 0 Å². The number of hydrogen-bond acceptors (Lipinski definition) is 4. The lowest BCUT2D eigenvalue weighted by molar-refractivity contribution is 0.738. The van der Waals surface area contributed by atoms with Crippen LogP contribution in [0, 0.1) is 0 Å². The second kappa shape index (κ2) is 3.49. The van der Waals surface area contributed by atoms with Gasteiger partial charge in [-0.05, 0) is 6.07 Å². The summed E-state index contributed by atoms with van der Waals surface area (Å²) in [6.45, 7) is 0.660. The molecule has 0 aromatic carbocycles. The van der Waals surface area contributed by atoms with Crippen molar-refractivity contribution in [3.8, 4) is 0 Å². The predicted molar refractivity (Wildman–Crippen MR) is 51.5 cm³/mol. The molecule has 2 aromatic heterocycles. The highest BCUT2D eigenvalue weighted by Crippen LogP contribution is 2.01. The van der Waals surface area contributed by atoms with Crippen molar-refractivity contribution in [3.63, 3.8) is 0 Å². The number of nitrogens with one attached hydrogen (secondary N) is 1. The molecule has 0 aliphatic carbocycles. The maximum absolute atomic E-state index is 4.24. The van der Waals surface area contributed by atoms with Crippen LogP contribution in [0.25, 0.3) is 0 Å². The molecule has 0 unspecified atom stereocenters. The van der Waals surface area contributed by atoms with Crippen molar-refractivity contribution < 1.29 is 0 Å². The standard InChI is InChI=1S/C8H12N6/c1-13-4-3-7(12-13)5-9-8-10-6-11-14(8)2/h3-4,6H,5H2,1-2H3,(H,9,10,11). The Morgan fingerprint density at radius 2 is 2.29 bits per heavy atom. The molecule has 2 rings (SSSR count). The summed E-state index contributed by atoms with van der Waals surface area (Å²) < 4.78 is 3.45. The molecule has 2 aromatic rings. The minimum atomic E-state index is 0.660. The molecule has 14 heavy (non-hydrogen) atoms. The second-order valence-electron chi connectivity index (χ2n) is 3.04. The van der Waals surface area contributed by atoms with E-state index in [1.807, 2.05) is 26.4 Å². The molecular weight excluding hydrogens is 180 g/mol. The summed E-state index contributed by atoms with van der Waals surface area (Å²) >= 11 is 0. The first-order valence-corrected chi connectivity index (χ1v) is 4.32. The van der Waals surface area contributed by atoms with Gasteiger partial charge in [-0.3, -0.25) is 4.68 Å². The fourth-order valence-corrected chi connectivity index (χ4v) is 1.18. The Morgan fingerprint density at radius 1 is 1.43 bits per heavy atom. The van der Waals surface area contributed by atoms with Crippen molar-refractivity contribution in [2.24, 2.45) is 14.1 Å². The van der Waals surface area contributed by atoms with E-state index in [4.69, 9.17) is 0 Å². The molecule has 0 spiro atoms. The fourth-order valence-electron chi connectivity index (χ4n) is 1.18. The molecule has 0 atom stereocenters. The lowest BCUT2D eigenvalue weighted by Gasteiger charge is -2.01. The van der Waals surface area contributed by atoms with Crippen molar-refractivity contribution in [2.45, 2.75) is 6.54 Å². The minimum absolute atomic E-state index is 0.660. The van der Waals surface area contributed by atoms with Crippen LogP contribution in [0.4, 0.5) is 5.95 Å². The smallest absolute Gasteiger partial charge is 0.221 e. The normalized spacial score (nSPS) is 10.4. The Kier molecular flexibility index (Phi) is 2.18. The maximum Gasteiger partial charge on any atom is 0.221 e. The van der Waals surface area contributed by atoms with E-state index >= 15 is 0 Å². The third-order valence-corrected chi connectivity index (χ3v) is 1.91. The molecule has 1 N–H and O–H groups in total. The summed E-state index contributed by atoms with van der Waals surface area (Å²) in [5.74, 6) is 0.746. The van der Waals surface area contributed by atoms with Crippen LogP contribution in [0.3, 0.4) is 0 Å². The van der Waals surface area contributed by atoms with E-state index in [1.165, 1.54) is 6.33 Å². The first-order valence-electron chi connectivity index (χ1n) is 4.32. The van der Waals surface area contributed by atoms with Crippen LogP contribution in [0.5, 0.6) is 0 Å². The highest BCUT2D eigenvalue weighted by atomic mass is 15.4. The lowest BCUT2D eigenvalue weighted by Crippen LogP contribution is -2.06. The topological polar surface area (TPSA) is 60.6 Å². The van der Waals surface area contributed by atoms with E-state index in [2.05, 4.69) is 20.5 Å². The number of anilines is 1. The van der Waals surface area contributed by atoms with Crippen LogP contribution in [-0.2, 0) is 20.6 Å². The fraction of sp³-hybridized carbons (Fsp3) is 0.375. The van der Waals surface area contributed by atoms with Crippen molar-refractivity contribution >= 4 is 5.95 Å². The Balaban J connectivity index is 1.98. The van der Waals surface area contributed by atoms with Gasteiger partial charge in [-0.25, -0.2) is 4.68 Å². The van der Waals surface area contributed by atoms with Crippen LogP contribution in [0.15, 0.2) is 18.6 Å². The van der Waals surface area contributed by atoms with Gasteiger partial charge in [0.05, 0.1) is 12.2 Å². The van der Waals surface area contributed by atoms with E-state index in [9.17, 15) is 0 Å². The quantitative estimate of drug-likeness (QED) is 0.752. The SMILES string of the molecule is Cn1ccc(CNc2ncnn2C)n1. The highest BCUT2D eigenvalue weighted by Gasteiger charge is 2.00. The Bertz CT molecular complexity index is 415. The molecule has 6 nitrogen and oxygen atoms in total. The highest BCUT2D eigenvalue weighted by molar-refractivity contribution is 5.23. The first kappa shape index (κ1) is 8.74. The number of nitrogens with zero attached hydrogens (tertiary/aromatic N) is 5. The average molecular weight is 192 g/mol. The van der Waals surface area contributed by atoms with Gasteiger partial charge in [0.1, 0.15) is 6.33 Å². The molecule has 2 heterocycles. The third-order valence-electron chi connectivity index (χ3n) is 1.91. The molecular formula is C8H12N6. The molecule has 0 aliphatic heterocycles. The Hall–Kier alpha value is -1.85. The molecule has 74 valence electrons. The van der Waals surface area contributed by atoms with Crippen LogP contribution >= 0.6 is 0 Å². The molecule has 6 heteroatoms. The maximum atomic E-state index is 4.24. The van der Waals surface area contributed by atoms with Crippen LogP contribution in [0.1, 0.15) is 5.69 Å². The molecule has 0 saturated heterocycles. The zero-order valence-corrected chi connectivity index (χ0v) is 8.18. The average Bonchev–Trinajstić information content (AvgIpc) is 2.72. The van der Waals surface area contributed by atoms with Gasteiger partial charge >= 0.3 is 0 Å². The number of aromatic nitrogens is 5. The van der Waals surface area contributed by atoms with Gasteiger partial charge in [-0.2, -0.15) is 15.2 Å². The molecule has 0 fully saturated rings. The third kappa shape index (κ3) is 1.73.